The van der Waals surface area contributed by atoms with E-state index in [2.05, 4.69) is 10.6 Å². The van der Waals surface area contributed by atoms with Crippen molar-refractivity contribution in [1.82, 2.24) is 10.2 Å². The van der Waals surface area contributed by atoms with Crippen LogP contribution in [0.3, 0.4) is 0 Å². The Bertz CT molecular complexity index is 1230. The van der Waals surface area contributed by atoms with E-state index in [0.717, 1.165) is 22.3 Å². The number of alkyl carbamates (subject to hydrolysis) is 1. The maximum Gasteiger partial charge on any atom is 0.408 e. The van der Waals surface area contributed by atoms with Crippen LogP contribution in [0.1, 0.15) is 81.3 Å². The zero-order valence-electron chi connectivity index (χ0n) is 25.2. The van der Waals surface area contributed by atoms with Crippen molar-refractivity contribution in [2.45, 2.75) is 98.9 Å². The Morgan fingerprint density at radius 2 is 1.52 bits per heavy atom. The van der Waals surface area contributed by atoms with Gasteiger partial charge in [-0.2, -0.15) is 0 Å². The molecule has 0 aromatic heterocycles. The molecule has 0 saturated carbocycles. The second kappa shape index (κ2) is 13.5. The molecule has 0 spiro atoms. The molecule has 9 heteroatoms. The van der Waals surface area contributed by atoms with Gasteiger partial charge in [0, 0.05) is 18.2 Å². The molecule has 0 saturated heterocycles. The lowest BCUT2D eigenvalue weighted by atomic mass is 9.96. The van der Waals surface area contributed by atoms with E-state index < -0.39 is 47.5 Å². The fourth-order valence-corrected chi connectivity index (χ4v) is 4.43. The molecule has 0 radical (unpaired) electrons. The Kier molecular flexibility index (Phi) is 10.9. The van der Waals surface area contributed by atoms with Gasteiger partial charge in [0.25, 0.3) is 5.91 Å². The first-order valence-electron chi connectivity index (χ1n) is 13.6. The second-order valence-electron chi connectivity index (χ2n) is 11.5. The lowest BCUT2D eigenvalue weighted by Crippen LogP contribution is -2.54. The lowest BCUT2D eigenvalue weighted by Gasteiger charge is -2.37. The summed E-state index contributed by atoms with van der Waals surface area (Å²) in [5.74, 6) is -1.53. The maximum atomic E-state index is 14.2. The molecule has 40 heavy (non-hydrogen) atoms. The van der Waals surface area contributed by atoms with Crippen LogP contribution in [-0.4, -0.2) is 46.4 Å². The van der Waals surface area contributed by atoms with Crippen LogP contribution in [0.5, 0.6) is 0 Å². The number of para-hydroxylation sites is 1. The number of primary amides is 1. The number of hydrogen-bond acceptors (Lipinski definition) is 5. The highest BCUT2D eigenvalue weighted by atomic mass is 16.6. The zero-order valence-corrected chi connectivity index (χ0v) is 25.2. The Balaban J connectivity index is 2.60. The Hall–Kier alpha value is -3.88. The molecule has 0 aliphatic rings. The van der Waals surface area contributed by atoms with Crippen molar-refractivity contribution >= 4 is 29.5 Å². The predicted octanol–water partition coefficient (Wildman–Crippen LogP) is 5.00. The van der Waals surface area contributed by atoms with E-state index in [4.69, 9.17) is 10.5 Å². The number of nitrogens with zero attached hydrogens (tertiary/aromatic N) is 1. The average molecular weight is 553 g/mol. The van der Waals surface area contributed by atoms with Crippen LogP contribution in [0, 0.1) is 27.7 Å². The van der Waals surface area contributed by atoms with Crippen molar-refractivity contribution in [1.29, 1.82) is 0 Å². The first kappa shape index (κ1) is 32.3. The normalized spacial score (nSPS) is 12.8. The molecule has 2 rings (SSSR count). The smallest absolute Gasteiger partial charge is 0.408 e. The molecule has 0 aliphatic heterocycles. The van der Waals surface area contributed by atoms with Gasteiger partial charge in [0.15, 0.2) is 0 Å². The third-order valence-corrected chi connectivity index (χ3v) is 6.58. The van der Waals surface area contributed by atoms with Crippen LogP contribution in [0.15, 0.2) is 36.4 Å². The molecule has 2 atom stereocenters. The summed E-state index contributed by atoms with van der Waals surface area (Å²) in [4.78, 5) is 54.0. The molecular formula is C31H44N4O5. The second-order valence-corrected chi connectivity index (χ2v) is 11.5. The van der Waals surface area contributed by atoms with E-state index in [-0.39, 0.29) is 12.8 Å². The van der Waals surface area contributed by atoms with Crippen molar-refractivity contribution in [2.75, 3.05) is 5.32 Å². The van der Waals surface area contributed by atoms with Crippen molar-refractivity contribution in [3.63, 3.8) is 0 Å². The molecule has 0 heterocycles. The van der Waals surface area contributed by atoms with E-state index in [1.165, 1.54) is 4.90 Å². The molecule has 4 amide bonds. The average Bonchev–Trinajstić information content (AvgIpc) is 2.82. The molecule has 4 N–H and O–H groups in total. The van der Waals surface area contributed by atoms with E-state index >= 15 is 0 Å². The molecule has 2 aromatic carbocycles. The van der Waals surface area contributed by atoms with Crippen LogP contribution in [-0.2, 0) is 19.1 Å². The first-order valence-corrected chi connectivity index (χ1v) is 13.6. The highest BCUT2D eigenvalue weighted by Crippen LogP contribution is 2.30. The third-order valence-electron chi connectivity index (χ3n) is 6.58. The van der Waals surface area contributed by atoms with Gasteiger partial charge in [0.1, 0.15) is 17.7 Å². The highest BCUT2D eigenvalue weighted by Gasteiger charge is 2.38. The minimum atomic E-state index is -1.15. The summed E-state index contributed by atoms with van der Waals surface area (Å²) in [5.41, 5.74) is 9.68. The zero-order chi connectivity index (χ0) is 30.4. The number of carbonyl (C=O) groups excluding carboxylic acids is 4. The van der Waals surface area contributed by atoms with Crippen molar-refractivity contribution < 1.29 is 23.9 Å². The number of amides is 4. The number of carbonyl (C=O) groups is 4. The Labute approximate surface area is 237 Å². The van der Waals surface area contributed by atoms with Crippen LogP contribution >= 0.6 is 0 Å². The van der Waals surface area contributed by atoms with Crippen LogP contribution in [0.25, 0.3) is 0 Å². The predicted molar refractivity (Wildman–Crippen MR) is 157 cm³/mol. The van der Waals surface area contributed by atoms with Gasteiger partial charge in [-0.25, -0.2) is 4.79 Å². The number of aryl methyl sites for hydroxylation is 4. The number of anilines is 1. The van der Waals surface area contributed by atoms with E-state index in [9.17, 15) is 19.2 Å². The molecule has 2 unspecified atom stereocenters. The van der Waals surface area contributed by atoms with Gasteiger partial charge in [0.05, 0.1) is 0 Å². The monoisotopic (exact) mass is 552 g/mol. The van der Waals surface area contributed by atoms with Crippen LogP contribution < -0.4 is 16.4 Å². The Morgan fingerprint density at radius 1 is 0.925 bits per heavy atom. The first-order chi connectivity index (χ1) is 18.5. The molecule has 2 aromatic rings. The fraction of sp³-hybridized carbons (Fsp3) is 0.484. The minimum Gasteiger partial charge on any atom is -0.444 e. The van der Waals surface area contributed by atoms with Gasteiger partial charge < -0.3 is 26.0 Å². The Morgan fingerprint density at radius 3 is 2.02 bits per heavy atom. The molecule has 0 aliphatic carbocycles. The van der Waals surface area contributed by atoms with Crippen molar-refractivity contribution in [3.05, 3.63) is 64.2 Å². The van der Waals surface area contributed by atoms with Gasteiger partial charge >= 0.3 is 6.09 Å². The standard InChI is InChI=1S/C31H44N4O5/c1-18(2)35(29(38)24(15-16-25(32)36)33-30(39)40-31(7,8)9)27(23-14-13-19(3)22(6)17-23)28(37)34-26-20(4)11-10-12-21(26)5/h10-14,17-18,24,27H,15-16H2,1-9H3,(H2,32,36)(H,33,39)(H,34,37). The van der Waals surface area contributed by atoms with Crippen LogP contribution in [0.2, 0.25) is 0 Å². The number of rotatable bonds is 10. The maximum absolute atomic E-state index is 14.2. The fourth-order valence-electron chi connectivity index (χ4n) is 4.43. The quantitative estimate of drug-likeness (QED) is 0.382. The number of ether oxygens (including phenoxy) is 1. The molecule has 0 bridgehead atoms. The highest BCUT2D eigenvalue weighted by molar-refractivity contribution is 6.00. The number of nitrogens with one attached hydrogen (secondary N) is 2. The summed E-state index contributed by atoms with van der Waals surface area (Å²) in [6.45, 7) is 16.5. The van der Waals surface area contributed by atoms with Crippen molar-refractivity contribution in [3.8, 4) is 0 Å². The van der Waals surface area contributed by atoms with E-state index in [1.54, 1.807) is 34.6 Å². The van der Waals surface area contributed by atoms with Gasteiger partial charge in [-0.05, 0) is 96.6 Å². The lowest BCUT2D eigenvalue weighted by molar-refractivity contribution is -0.143. The van der Waals surface area contributed by atoms with Gasteiger partial charge in [-0.1, -0.05) is 36.4 Å². The topological polar surface area (TPSA) is 131 Å². The van der Waals surface area contributed by atoms with Gasteiger partial charge in [-0.3, -0.25) is 14.4 Å². The number of hydrogen-bond donors (Lipinski definition) is 3. The summed E-state index contributed by atoms with van der Waals surface area (Å²) >= 11 is 0. The summed E-state index contributed by atoms with van der Waals surface area (Å²) in [5, 5.41) is 5.65. The van der Waals surface area contributed by atoms with Crippen molar-refractivity contribution in [2.24, 2.45) is 5.73 Å². The molecule has 218 valence electrons. The van der Waals surface area contributed by atoms with E-state index in [1.807, 2.05) is 64.1 Å². The van der Waals surface area contributed by atoms with Gasteiger partial charge in [0.2, 0.25) is 11.8 Å². The third kappa shape index (κ3) is 8.83. The van der Waals surface area contributed by atoms with E-state index in [0.29, 0.717) is 11.3 Å². The summed E-state index contributed by atoms with van der Waals surface area (Å²) in [6.07, 6.45) is -0.989. The molecule has 0 fully saturated rings. The molecular weight excluding hydrogens is 508 g/mol. The van der Waals surface area contributed by atoms with Gasteiger partial charge in [-0.15, -0.1) is 0 Å². The number of nitrogens with two attached hydrogens (primary N) is 1. The number of benzene rings is 2. The summed E-state index contributed by atoms with van der Waals surface area (Å²) in [7, 11) is 0. The largest absolute Gasteiger partial charge is 0.444 e. The minimum absolute atomic E-state index is 0.0468. The summed E-state index contributed by atoms with van der Waals surface area (Å²) < 4.78 is 5.38. The molecule has 9 nitrogen and oxygen atoms in total. The SMILES string of the molecule is Cc1ccc(C(C(=O)Nc2c(C)cccc2C)N(C(=O)C(CCC(N)=O)NC(=O)OC(C)(C)C)C(C)C)cc1C. The van der Waals surface area contributed by atoms with Crippen LogP contribution in [0.4, 0.5) is 10.5 Å². The summed E-state index contributed by atoms with van der Waals surface area (Å²) in [6, 6.07) is 8.75.